The average Bonchev–Trinajstić information content (AvgIpc) is 2.84. The van der Waals surface area contributed by atoms with Crippen LogP contribution in [0.4, 0.5) is 5.69 Å². The van der Waals surface area contributed by atoms with Crippen LogP contribution in [0.3, 0.4) is 0 Å². The molecule has 0 saturated carbocycles. The Labute approximate surface area is 128 Å². The number of halogens is 1. The van der Waals surface area contributed by atoms with Gasteiger partial charge in [0.2, 0.25) is 0 Å². The second-order valence-corrected chi connectivity index (χ2v) is 5.39. The van der Waals surface area contributed by atoms with Gasteiger partial charge in [-0.2, -0.15) is 0 Å². The first-order valence-electron chi connectivity index (χ1n) is 5.71. The maximum atomic E-state index is 11.6. The summed E-state index contributed by atoms with van der Waals surface area (Å²) >= 11 is 7.29. The van der Waals surface area contributed by atoms with E-state index >= 15 is 0 Å². The zero-order valence-corrected chi connectivity index (χ0v) is 12.4. The molecular formula is C13H9ClN2O4S. The smallest absolute Gasteiger partial charge is 0.336 e. The topological polar surface area (TPSA) is 82.3 Å². The number of aryl methyl sites for hydroxylation is 1. The van der Waals surface area contributed by atoms with Crippen molar-refractivity contribution >= 4 is 40.7 Å². The highest BCUT2D eigenvalue weighted by molar-refractivity contribution is 7.09. The van der Waals surface area contributed by atoms with E-state index in [1.54, 1.807) is 5.38 Å². The molecule has 0 bridgehead atoms. The Morgan fingerprint density at radius 2 is 2.29 bits per heavy atom. The quantitative estimate of drug-likeness (QED) is 0.282. The van der Waals surface area contributed by atoms with Crippen molar-refractivity contribution in [3.63, 3.8) is 0 Å². The maximum Gasteiger partial charge on any atom is 0.336 e. The van der Waals surface area contributed by atoms with Gasteiger partial charge in [0.05, 0.1) is 20.6 Å². The Bertz CT molecular complexity index is 727. The number of thiazole rings is 1. The number of hydrogen-bond acceptors (Lipinski definition) is 6. The fourth-order valence-corrected chi connectivity index (χ4v) is 2.23. The van der Waals surface area contributed by atoms with Crippen LogP contribution in [-0.2, 0) is 4.79 Å². The summed E-state index contributed by atoms with van der Waals surface area (Å²) in [6.07, 6.45) is 2.73. The zero-order valence-electron chi connectivity index (χ0n) is 10.8. The summed E-state index contributed by atoms with van der Waals surface area (Å²) in [7, 11) is 0. The van der Waals surface area contributed by atoms with Gasteiger partial charge in [-0.05, 0) is 19.1 Å². The number of hydrogen-bond donors (Lipinski definition) is 0. The number of rotatable bonds is 4. The monoisotopic (exact) mass is 324 g/mol. The Morgan fingerprint density at radius 1 is 1.52 bits per heavy atom. The molecule has 0 N–H and O–H groups in total. The van der Waals surface area contributed by atoms with Crippen LogP contribution >= 0.6 is 22.9 Å². The van der Waals surface area contributed by atoms with Gasteiger partial charge in [0.15, 0.2) is 0 Å². The molecule has 0 unspecified atom stereocenters. The van der Waals surface area contributed by atoms with Crippen LogP contribution in [0, 0.1) is 17.0 Å². The van der Waals surface area contributed by atoms with Crippen molar-refractivity contribution in [3.05, 3.63) is 55.5 Å². The number of ether oxygens (including phenoxy) is 1. The third-order valence-electron chi connectivity index (χ3n) is 2.36. The van der Waals surface area contributed by atoms with Crippen LogP contribution in [0.2, 0.25) is 5.02 Å². The molecule has 1 aromatic heterocycles. The minimum atomic E-state index is -0.642. The lowest BCUT2D eigenvalue weighted by Crippen LogP contribution is -2.04. The number of non-ortho nitro benzene ring substituents is 1. The Morgan fingerprint density at radius 3 is 2.86 bits per heavy atom. The second kappa shape index (κ2) is 6.47. The molecule has 21 heavy (non-hydrogen) atoms. The second-order valence-electron chi connectivity index (χ2n) is 3.92. The predicted molar refractivity (Wildman–Crippen MR) is 79.6 cm³/mol. The van der Waals surface area contributed by atoms with Crippen LogP contribution in [0.15, 0.2) is 29.7 Å². The van der Waals surface area contributed by atoms with E-state index in [0.717, 1.165) is 11.1 Å². The molecule has 108 valence electrons. The maximum absolute atomic E-state index is 11.6. The largest absolute Gasteiger partial charge is 0.422 e. The van der Waals surface area contributed by atoms with Crippen molar-refractivity contribution < 1.29 is 14.5 Å². The van der Waals surface area contributed by atoms with E-state index in [2.05, 4.69) is 4.98 Å². The standard InChI is InChI=1S/C13H9ClN2O4S/c1-8-15-9(7-21-8)2-5-13(17)20-12-4-3-10(16(18)19)6-11(12)14/h2-7H,1H3/b5-2+. The number of carbonyl (C=O) groups is 1. The zero-order chi connectivity index (χ0) is 15.4. The van der Waals surface area contributed by atoms with Crippen LogP contribution in [-0.4, -0.2) is 15.9 Å². The normalized spacial score (nSPS) is 10.8. The number of nitro groups is 1. The molecular weight excluding hydrogens is 316 g/mol. The first-order chi connectivity index (χ1) is 9.95. The van der Waals surface area contributed by atoms with Crippen LogP contribution < -0.4 is 4.74 Å². The fourth-order valence-electron chi connectivity index (χ4n) is 1.44. The van der Waals surface area contributed by atoms with Gasteiger partial charge in [-0.25, -0.2) is 9.78 Å². The minimum Gasteiger partial charge on any atom is -0.422 e. The molecule has 0 aliphatic carbocycles. The molecule has 6 nitrogen and oxygen atoms in total. The number of nitrogens with zero attached hydrogens (tertiary/aromatic N) is 2. The molecule has 1 aromatic carbocycles. The van der Waals surface area contributed by atoms with Gasteiger partial charge in [0, 0.05) is 23.6 Å². The van der Waals surface area contributed by atoms with E-state index < -0.39 is 10.9 Å². The summed E-state index contributed by atoms with van der Waals surface area (Å²) in [5, 5.41) is 13.3. The molecule has 8 heteroatoms. The molecule has 0 spiro atoms. The number of nitro benzene ring substituents is 1. The van der Waals surface area contributed by atoms with Gasteiger partial charge in [-0.15, -0.1) is 11.3 Å². The van der Waals surface area contributed by atoms with Crippen LogP contribution in [0.1, 0.15) is 10.7 Å². The molecule has 0 radical (unpaired) electrons. The fraction of sp³-hybridized carbons (Fsp3) is 0.0769. The highest BCUT2D eigenvalue weighted by Crippen LogP contribution is 2.28. The Balaban J connectivity index is 2.06. The predicted octanol–water partition coefficient (Wildman–Crippen LogP) is 3.63. The van der Waals surface area contributed by atoms with Crippen LogP contribution in [0.5, 0.6) is 5.75 Å². The van der Waals surface area contributed by atoms with E-state index in [1.807, 2.05) is 6.92 Å². The van der Waals surface area contributed by atoms with E-state index in [4.69, 9.17) is 16.3 Å². The third kappa shape index (κ3) is 4.11. The van der Waals surface area contributed by atoms with Gasteiger partial charge in [0.1, 0.15) is 5.75 Å². The van der Waals surface area contributed by atoms with Crippen molar-refractivity contribution in [2.75, 3.05) is 0 Å². The molecule has 2 rings (SSSR count). The average molecular weight is 325 g/mol. The van der Waals surface area contributed by atoms with Crippen molar-refractivity contribution in [2.24, 2.45) is 0 Å². The lowest BCUT2D eigenvalue weighted by atomic mass is 10.3. The first-order valence-corrected chi connectivity index (χ1v) is 6.97. The number of benzene rings is 1. The summed E-state index contributed by atoms with van der Waals surface area (Å²) in [4.78, 5) is 25.8. The minimum absolute atomic E-state index is 0.00421. The highest BCUT2D eigenvalue weighted by atomic mass is 35.5. The summed E-state index contributed by atoms with van der Waals surface area (Å²) < 4.78 is 5.00. The lowest BCUT2D eigenvalue weighted by molar-refractivity contribution is -0.384. The molecule has 0 atom stereocenters. The molecule has 1 heterocycles. The van der Waals surface area contributed by atoms with E-state index in [-0.39, 0.29) is 16.5 Å². The van der Waals surface area contributed by atoms with Crippen molar-refractivity contribution in [2.45, 2.75) is 6.92 Å². The van der Waals surface area contributed by atoms with Gasteiger partial charge in [0.25, 0.3) is 5.69 Å². The summed E-state index contributed by atoms with van der Waals surface area (Å²) in [6, 6.07) is 3.61. The van der Waals surface area contributed by atoms with Gasteiger partial charge < -0.3 is 4.74 Å². The summed E-state index contributed by atoms with van der Waals surface area (Å²) in [6.45, 7) is 1.86. The number of carbonyl (C=O) groups excluding carboxylic acids is 1. The van der Waals surface area contributed by atoms with Crippen molar-refractivity contribution in [3.8, 4) is 5.75 Å². The molecule has 0 aliphatic rings. The summed E-state index contributed by atoms with van der Waals surface area (Å²) in [5.74, 6) is -0.581. The van der Waals surface area contributed by atoms with Crippen molar-refractivity contribution in [1.29, 1.82) is 0 Å². The molecule has 0 amide bonds. The first kappa shape index (κ1) is 15.1. The van der Waals surface area contributed by atoms with Crippen LogP contribution in [0.25, 0.3) is 6.08 Å². The highest BCUT2D eigenvalue weighted by Gasteiger charge is 2.12. The lowest BCUT2D eigenvalue weighted by Gasteiger charge is -2.03. The molecule has 0 saturated heterocycles. The molecule has 2 aromatic rings. The molecule has 0 aliphatic heterocycles. The van der Waals surface area contributed by atoms with Crippen molar-refractivity contribution in [1.82, 2.24) is 4.98 Å². The Kier molecular flexibility index (Phi) is 4.66. The van der Waals surface area contributed by atoms with E-state index in [1.165, 1.54) is 35.6 Å². The van der Waals surface area contributed by atoms with Gasteiger partial charge in [-0.1, -0.05) is 11.6 Å². The SMILES string of the molecule is Cc1nc(/C=C/C(=O)Oc2ccc([N+](=O)[O-])cc2Cl)cs1. The Hall–Kier alpha value is -2.25. The summed E-state index contributed by atoms with van der Waals surface area (Å²) in [5.41, 5.74) is 0.484. The third-order valence-corrected chi connectivity index (χ3v) is 3.45. The van der Waals surface area contributed by atoms with E-state index in [0.29, 0.717) is 5.69 Å². The van der Waals surface area contributed by atoms with E-state index in [9.17, 15) is 14.9 Å². The number of esters is 1. The molecule has 0 fully saturated rings. The van der Waals surface area contributed by atoms with Gasteiger partial charge >= 0.3 is 5.97 Å². The van der Waals surface area contributed by atoms with Gasteiger partial charge in [-0.3, -0.25) is 10.1 Å². The number of aromatic nitrogens is 1.